The number of nitrogens with one attached hydrogen (secondary N) is 2. The molecule has 3 nitrogen and oxygen atoms in total. The van der Waals surface area contributed by atoms with Crippen LogP contribution in [0.15, 0.2) is 48.5 Å². The van der Waals surface area contributed by atoms with E-state index in [4.69, 9.17) is 0 Å². The maximum atomic E-state index is 10.1. The van der Waals surface area contributed by atoms with Crippen molar-refractivity contribution < 1.29 is 5.11 Å². The number of aromatic amines is 1. The van der Waals surface area contributed by atoms with E-state index in [2.05, 4.69) is 54.5 Å². The van der Waals surface area contributed by atoms with Gasteiger partial charge in [-0.25, -0.2) is 0 Å². The molecule has 0 unspecified atom stereocenters. The van der Waals surface area contributed by atoms with Crippen LogP contribution in [0.25, 0.3) is 10.9 Å². The molecule has 0 amide bonds. The van der Waals surface area contributed by atoms with Crippen molar-refractivity contribution in [1.82, 2.24) is 10.3 Å². The Morgan fingerprint density at radius 2 is 2.00 bits per heavy atom. The molecular formula is C23H28N2O. The number of aromatic hydroxyl groups is 1. The number of fused-ring (bicyclic) bond motifs is 3. The van der Waals surface area contributed by atoms with Gasteiger partial charge in [-0.2, -0.15) is 0 Å². The Hall–Kier alpha value is -2.26. The molecule has 26 heavy (non-hydrogen) atoms. The summed E-state index contributed by atoms with van der Waals surface area (Å²) in [5, 5.41) is 15.1. The molecule has 3 heteroatoms. The Labute approximate surface area is 155 Å². The van der Waals surface area contributed by atoms with Gasteiger partial charge in [0.15, 0.2) is 0 Å². The minimum absolute atomic E-state index is 0.0365. The van der Waals surface area contributed by atoms with E-state index < -0.39 is 0 Å². The number of benzene rings is 2. The second-order valence-corrected chi connectivity index (χ2v) is 7.57. The first-order valence-corrected chi connectivity index (χ1v) is 9.76. The highest BCUT2D eigenvalue weighted by atomic mass is 16.3. The van der Waals surface area contributed by atoms with Gasteiger partial charge in [-0.1, -0.05) is 44.2 Å². The van der Waals surface area contributed by atoms with Gasteiger partial charge >= 0.3 is 0 Å². The molecule has 2 atom stereocenters. The van der Waals surface area contributed by atoms with Crippen molar-refractivity contribution in [3.8, 4) is 5.75 Å². The van der Waals surface area contributed by atoms with Crippen LogP contribution in [-0.2, 0) is 18.3 Å². The molecule has 4 rings (SSSR count). The minimum atomic E-state index is 0.0365. The summed E-state index contributed by atoms with van der Waals surface area (Å²) in [5.41, 5.74) is 5.38. The first kappa shape index (κ1) is 17.2. The molecule has 1 aliphatic carbocycles. The SMILES string of the molecule is CCNC[C@@H]1Cc2c([nH]c3ccccc23)C[C@]1(CC)c1cccc(O)c1. The van der Waals surface area contributed by atoms with Crippen LogP contribution in [0, 0.1) is 5.92 Å². The summed E-state index contributed by atoms with van der Waals surface area (Å²) in [7, 11) is 0. The Balaban J connectivity index is 1.85. The number of H-pyrrole nitrogens is 1. The summed E-state index contributed by atoms with van der Waals surface area (Å²) in [4.78, 5) is 3.68. The van der Waals surface area contributed by atoms with E-state index in [9.17, 15) is 5.11 Å². The highest BCUT2D eigenvalue weighted by Crippen LogP contribution is 2.47. The van der Waals surface area contributed by atoms with Gasteiger partial charge < -0.3 is 15.4 Å². The molecule has 136 valence electrons. The standard InChI is InChI=1S/C23H28N2O/c1-3-23(16-8-7-9-18(26)12-16)14-22-20(13-17(23)15-24-4-2)19-10-5-6-11-21(19)25-22/h5-12,17,24-26H,3-4,13-15H2,1-2H3/t17-,23+/m0/s1. The van der Waals surface area contributed by atoms with Crippen LogP contribution < -0.4 is 5.32 Å². The molecule has 3 N–H and O–H groups in total. The lowest BCUT2D eigenvalue weighted by atomic mass is 9.60. The average Bonchev–Trinajstić information content (AvgIpc) is 3.02. The molecular weight excluding hydrogens is 320 g/mol. The van der Waals surface area contributed by atoms with Crippen LogP contribution in [0.1, 0.15) is 37.1 Å². The number of para-hydroxylation sites is 1. The predicted octanol–water partition coefficient (Wildman–Crippen LogP) is 4.55. The van der Waals surface area contributed by atoms with Crippen LogP contribution in [0.5, 0.6) is 5.75 Å². The molecule has 0 saturated heterocycles. The van der Waals surface area contributed by atoms with Gasteiger partial charge in [0.1, 0.15) is 5.75 Å². The zero-order valence-electron chi connectivity index (χ0n) is 15.7. The normalized spacial score (nSPS) is 22.5. The molecule has 0 aliphatic heterocycles. The topological polar surface area (TPSA) is 48.0 Å². The Morgan fingerprint density at radius 3 is 2.77 bits per heavy atom. The second kappa shape index (κ2) is 6.81. The summed E-state index contributed by atoms with van der Waals surface area (Å²) in [6.45, 7) is 6.44. The Morgan fingerprint density at radius 1 is 1.15 bits per heavy atom. The lowest BCUT2D eigenvalue weighted by Crippen LogP contribution is -2.46. The number of aromatic nitrogens is 1. The largest absolute Gasteiger partial charge is 0.508 e. The van der Waals surface area contributed by atoms with E-state index in [1.165, 1.54) is 27.7 Å². The van der Waals surface area contributed by atoms with E-state index in [-0.39, 0.29) is 5.41 Å². The lowest BCUT2D eigenvalue weighted by molar-refractivity contribution is 0.226. The smallest absolute Gasteiger partial charge is 0.115 e. The predicted molar refractivity (Wildman–Crippen MR) is 108 cm³/mol. The fourth-order valence-corrected chi connectivity index (χ4v) is 4.90. The number of phenols is 1. The zero-order chi connectivity index (χ0) is 18.1. The van der Waals surface area contributed by atoms with Crippen molar-refractivity contribution in [3.05, 3.63) is 65.4 Å². The number of rotatable bonds is 5. The molecule has 2 aromatic carbocycles. The minimum Gasteiger partial charge on any atom is -0.508 e. The van der Waals surface area contributed by atoms with Gasteiger partial charge in [0.05, 0.1) is 0 Å². The number of hydrogen-bond acceptors (Lipinski definition) is 2. The van der Waals surface area contributed by atoms with Crippen molar-refractivity contribution in [1.29, 1.82) is 0 Å². The molecule has 3 aromatic rings. The molecule has 0 radical (unpaired) electrons. The quantitative estimate of drug-likeness (QED) is 0.634. The van der Waals surface area contributed by atoms with Crippen molar-refractivity contribution in [3.63, 3.8) is 0 Å². The van der Waals surface area contributed by atoms with Crippen molar-refractivity contribution in [2.45, 2.75) is 38.5 Å². The van der Waals surface area contributed by atoms with Crippen LogP contribution >= 0.6 is 0 Å². The number of phenolic OH excluding ortho intramolecular Hbond substituents is 1. The highest BCUT2D eigenvalue weighted by Gasteiger charge is 2.43. The molecule has 0 saturated carbocycles. The van der Waals surface area contributed by atoms with Crippen LogP contribution in [0.4, 0.5) is 0 Å². The van der Waals surface area contributed by atoms with Crippen molar-refractivity contribution in [2.75, 3.05) is 13.1 Å². The van der Waals surface area contributed by atoms with Gasteiger partial charge in [0.25, 0.3) is 0 Å². The van der Waals surface area contributed by atoms with E-state index in [1.54, 1.807) is 6.07 Å². The fourth-order valence-electron chi connectivity index (χ4n) is 4.90. The maximum Gasteiger partial charge on any atom is 0.115 e. The van der Waals surface area contributed by atoms with E-state index >= 15 is 0 Å². The lowest BCUT2D eigenvalue weighted by Gasteiger charge is -2.44. The summed E-state index contributed by atoms with van der Waals surface area (Å²) in [5.74, 6) is 0.862. The van der Waals surface area contributed by atoms with Crippen molar-refractivity contribution >= 4 is 10.9 Å². The highest BCUT2D eigenvalue weighted by molar-refractivity contribution is 5.85. The van der Waals surface area contributed by atoms with Crippen LogP contribution in [0.3, 0.4) is 0 Å². The van der Waals surface area contributed by atoms with Crippen LogP contribution in [-0.4, -0.2) is 23.2 Å². The van der Waals surface area contributed by atoms with Gasteiger partial charge in [-0.3, -0.25) is 0 Å². The van der Waals surface area contributed by atoms with Gasteiger partial charge in [-0.15, -0.1) is 0 Å². The van der Waals surface area contributed by atoms with Gasteiger partial charge in [0, 0.05) is 22.0 Å². The van der Waals surface area contributed by atoms with Gasteiger partial charge in [-0.05, 0) is 67.6 Å². The Kier molecular flexibility index (Phi) is 4.49. The molecule has 0 bridgehead atoms. The maximum absolute atomic E-state index is 10.1. The summed E-state index contributed by atoms with van der Waals surface area (Å²) in [6, 6.07) is 16.6. The molecule has 1 aromatic heterocycles. The van der Waals surface area contributed by atoms with Gasteiger partial charge in [0.2, 0.25) is 0 Å². The third-order valence-electron chi connectivity index (χ3n) is 6.32. The second-order valence-electron chi connectivity index (χ2n) is 7.57. The first-order valence-electron chi connectivity index (χ1n) is 9.76. The number of hydrogen-bond donors (Lipinski definition) is 3. The summed E-state index contributed by atoms with van der Waals surface area (Å²) < 4.78 is 0. The van der Waals surface area contributed by atoms with E-state index in [1.807, 2.05) is 12.1 Å². The molecule has 0 fully saturated rings. The average molecular weight is 348 g/mol. The summed E-state index contributed by atoms with van der Waals surface area (Å²) >= 11 is 0. The van der Waals surface area contributed by atoms with E-state index in [0.717, 1.165) is 32.4 Å². The first-order chi connectivity index (χ1) is 12.7. The van der Waals surface area contributed by atoms with E-state index in [0.29, 0.717) is 11.7 Å². The Bertz CT molecular complexity index is 913. The molecule has 1 aliphatic rings. The monoisotopic (exact) mass is 348 g/mol. The summed E-state index contributed by atoms with van der Waals surface area (Å²) in [6.07, 6.45) is 3.12. The zero-order valence-corrected chi connectivity index (χ0v) is 15.7. The molecule has 1 heterocycles. The van der Waals surface area contributed by atoms with Crippen LogP contribution in [0.2, 0.25) is 0 Å². The molecule has 0 spiro atoms. The third-order valence-corrected chi connectivity index (χ3v) is 6.32. The third kappa shape index (κ3) is 2.71. The fraction of sp³-hybridized carbons (Fsp3) is 0.391. The van der Waals surface area contributed by atoms with Crippen molar-refractivity contribution in [2.24, 2.45) is 5.92 Å².